The summed E-state index contributed by atoms with van der Waals surface area (Å²) < 4.78 is 43.0. The van der Waals surface area contributed by atoms with E-state index < -0.39 is 17.6 Å². The van der Waals surface area contributed by atoms with Gasteiger partial charge in [0.05, 0.1) is 12.7 Å². The van der Waals surface area contributed by atoms with Gasteiger partial charge in [0.15, 0.2) is 5.76 Å². The fourth-order valence-electron chi connectivity index (χ4n) is 1.61. The molecule has 0 radical (unpaired) electrons. The van der Waals surface area contributed by atoms with Crippen molar-refractivity contribution in [1.82, 2.24) is 5.48 Å². The number of hydroxylamine groups is 1. The van der Waals surface area contributed by atoms with Crippen molar-refractivity contribution in [3.05, 3.63) is 47.7 Å². The zero-order valence-electron chi connectivity index (χ0n) is 10.3. The molecule has 106 valence electrons. The summed E-state index contributed by atoms with van der Waals surface area (Å²) in [5, 5.41) is 0. The fraction of sp³-hybridized carbons (Fsp3) is 0.154. The second kappa shape index (κ2) is 5.38. The first-order valence-corrected chi connectivity index (χ1v) is 5.52. The first kappa shape index (κ1) is 14.1. The summed E-state index contributed by atoms with van der Waals surface area (Å²) in [6, 6.07) is 7.42. The van der Waals surface area contributed by atoms with Crippen LogP contribution >= 0.6 is 0 Å². The summed E-state index contributed by atoms with van der Waals surface area (Å²) in [7, 11) is 1.26. The lowest BCUT2D eigenvalue weighted by Gasteiger charge is -2.07. The topological polar surface area (TPSA) is 51.5 Å². The molecule has 20 heavy (non-hydrogen) atoms. The van der Waals surface area contributed by atoms with Gasteiger partial charge in [-0.1, -0.05) is 12.1 Å². The molecule has 1 aromatic heterocycles. The Balaban J connectivity index is 2.31. The van der Waals surface area contributed by atoms with Crippen molar-refractivity contribution in [2.24, 2.45) is 0 Å². The van der Waals surface area contributed by atoms with Gasteiger partial charge in [-0.25, -0.2) is 5.48 Å². The van der Waals surface area contributed by atoms with E-state index in [0.717, 1.165) is 12.1 Å². The highest BCUT2D eigenvalue weighted by Crippen LogP contribution is 2.32. The first-order valence-electron chi connectivity index (χ1n) is 5.52. The highest BCUT2D eigenvalue weighted by molar-refractivity contribution is 5.91. The molecule has 0 aliphatic carbocycles. The van der Waals surface area contributed by atoms with Gasteiger partial charge in [-0.2, -0.15) is 13.2 Å². The number of carbonyl (C=O) groups excluding carboxylic acids is 1. The van der Waals surface area contributed by atoms with Crippen LogP contribution in [0.5, 0.6) is 0 Å². The summed E-state index contributed by atoms with van der Waals surface area (Å²) >= 11 is 0. The summed E-state index contributed by atoms with van der Waals surface area (Å²) in [5.41, 5.74) is 1.50. The Hall–Kier alpha value is -2.28. The molecule has 2 aromatic rings. The van der Waals surface area contributed by atoms with Gasteiger partial charge in [0.1, 0.15) is 5.76 Å². The van der Waals surface area contributed by atoms with Crippen LogP contribution in [-0.2, 0) is 11.0 Å². The average Bonchev–Trinajstić information content (AvgIpc) is 2.88. The van der Waals surface area contributed by atoms with E-state index in [0.29, 0.717) is 0 Å². The van der Waals surface area contributed by atoms with Crippen LogP contribution in [0.4, 0.5) is 13.2 Å². The van der Waals surface area contributed by atoms with Crippen molar-refractivity contribution in [3.63, 3.8) is 0 Å². The van der Waals surface area contributed by atoms with E-state index in [1.165, 1.54) is 31.4 Å². The van der Waals surface area contributed by atoms with Gasteiger partial charge in [-0.05, 0) is 24.3 Å². The van der Waals surface area contributed by atoms with E-state index in [-0.39, 0.29) is 17.1 Å². The summed E-state index contributed by atoms with van der Waals surface area (Å²) in [6.45, 7) is 0. The van der Waals surface area contributed by atoms with Gasteiger partial charge in [-0.3, -0.25) is 9.63 Å². The third kappa shape index (κ3) is 3.00. The average molecular weight is 285 g/mol. The highest BCUT2D eigenvalue weighted by Gasteiger charge is 2.30. The lowest BCUT2D eigenvalue weighted by Crippen LogP contribution is -2.20. The van der Waals surface area contributed by atoms with E-state index in [1.54, 1.807) is 0 Å². The van der Waals surface area contributed by atoms with Crippen LogP contribution < -0.4 is 5.48 Å². The summed E-state index contributed by atoms with van der Waals surface area (Å²) in [4.78, 5) is 15.8. The molecule has 7 heteroatoms. The lowest BCUT2D eigenvalue weighted by atomic mass is 10.1. The maximum absolute atomic E-state index is 12.6. The van der Waals surface area contributed by atoms with Crippen LogP contribution in [0.1, 0.15) is 16.1 Å². The Bertz CT molecular complexity index is 619. The Labute approximate surface area is 112 Å². The first-order chi connectivity index (χ1) is 9.41. The molecule has 0 aliphatic heterocycles. The number of amides is 1. The van der Waals surface area contributed by atoms with E-state index in [2.05, 4.69) is 4.84 Å². The number of alkyl halides is 3. The standard InChI is InChI=1S/C13H10F3NO3/c1-19-17-12(18)11-6-5-10(20-11)8-3-2-4-9(7-8)13(14,15)16/h2-7H,1H3,(H,17,18). The Morgan fingerprint density at radius 1 is 1.25 bits per heavy atom. The maximum atomic E-state index is 12.6. The van der Waals surface area contributed by atoms with Crippen LogP contribution in [0.3, 0.4) is 0 Å². The van der Waals surface area contributed by atoms with Gasteiger partial charge >= 0.3 is 12.1 Å². The van der Waals surface area contributed by atoms with Crippen molar-refractivity contribution in [1.29, 1.82) is 0 Å². The molecule has 4 nitrogen and oxygen atoms in total. The largest absolute Gasteiger partial charge is 0.451 e. The highest BCUT2D eigenvalue weighted by atomic mass is 19.4. The lowest BCUT2D eigenvalue weighted by molar-refractivity contribution is -0.137. The number of halogens is 3. The van der Waals surface area contributed by atoms with Gasteiger partial charge in [0.25, 0.3) is 0 Å². The van der Waals surface area contributed by atoms with Crippen molar-refractivity contribution < 1.29 is 27.2 Å². The Morgan fingerprint density at radius 3 is 2.65 bits per heavy atom. The molecule has 0 spiro atoms. The minimum absolute atomic E-state index is 0.0562. The third-order valence-corrected chi connectivity index (χ3v) is 2.50. The van der Waals surface area contributed by atoms with Crippen LogP contribution in [0.2, 0.25) is 0 Å². The normalized spacial score (nSPS) is 11.4. The number of nitrogens with one attached hydrogen (secondary N) is 1. The van der Waals surface area contributed by atoms with Crippen molar-refractivity contribution in [3.8, 4) is 11.3 Å². The summed E-state index contributed by atoms with van der Waals surface area (Å²) in [6.07, 6.45) is -4.43. The van der Waals surface area contributed by atoms with Crippen LogP contribution in [0.15, 0.2) is 40.8 Å². The predicted octanol–water partition coefficient (Wildman–Crippen LogP) is 3.26. The molecule has 2 rings (SSSR count). The smallest absolute Gasteiger partial charge is 0.416 e. The third-order valence-electron chi connectivity index (χ3n) is 2.50. The zero-order chi connectivity index (χ0) is 14.8. The summed E-state index contributed by atoms with van der Waals surface area (Å²) in [5.74, 6) is -0.512. The van der Waals surface area contributed by atoms with Crippen LogP contribution in [0, 0.1) is 0 Å². The molecular weight excluding hydrogens is 275 g/mol. The molecule has 1 amide bonds. The van der Waals surface area contributed by atoms with Gasteiger partial charge < -0.3 is 4.42 Å². The van der Waals surface area contributed by atoms with Crippen molar-refractivity contribution >= 4 is 5.91 Å². The SMILES string of the molecule is CONC(=O)c1ccc(-c2cccc(C(F)(F)F)c2)o1. The number of rotatable bonds is 3. The minimum Gasteiger partial charge on any atom is -0.451 e. The second-order valence-corrected chi connectivity index (χ2v) is 3.88. The molecule has 0 saturated heterocycles. The zero-order valence-corrected chi connectivity index (χ0v) is 10.3. The Morgan fingerprint density at radius 2 is 2.00 bits per heavy atom. The van der Waals surface area contributed by atoms with Crippen molar-refractivity contribution in [2.75, 3.05) is 7.11 Å². The molecule has 1 N–H and O–H groups in total. The number of carbonyl (C=O) groups is 1. The minimum atomic E-state index is -4.43. The monoisotopic (exact) mass is 285 g/mol. The molecular formula is C13H10F3NO3. The maximum Gasteiger partial charge on any atom is 0.416 e. The second-order valence-electron chi connectivity index (χ2n) is 3.88. The molecule has 0 saturated carbocycles. The molecule has 1 aromatic carbocycles. The van der Waals surface area contributed by atoms with E-state index in [9.17, 15) is 18.0 Å². The van der Waals surface area contributed by atoms with Crippen molar-refractivity contribution in [2.45, 2.75) is 6.18 Å². The number of hydrogen-bond donors (Lipinski definition) is 1. The predicted molar refractivity (Wildman–Crippen MR) is 63.6 cm³/mol. The molecule has 0 bridgehead atoms. The van der Waals surface area contributed by atoms with Crippen LogP contribution in [0.25, 0.3) is 11.3 Å². The molecule has 0 aliphatic rings. The van der Waals surface area contributed by atoms with Crippen LogP contribution in [-0.4, -0.2) is 13.0 Å². The molecule has 1 heterocycles. The Kier molecular flexibility index (Phi) is 3.80. The quantitative estimate of drug-likeness (QED) is 0.881. The molecule has 0 atom stereocenters. The van der Waals surface area contributed by atoms with Gasteiger partial charge in [0.2, 0.25) is 0 Å². The van der Waals surface area contributed by atoms with Gasteiger partial charge in [0, 0.05) is 5.56 Å². The number of furan rings is 1. The molecule has 0 fully saturated rings. The van der Waals surface area contributed by atoms with E-state index in [1.807, 2.05) is 5.48 Å². The van der Waals surface area contributed by atoms with Gasteiger partial charge in [-0.15, -0.1) is 0 Å². The van der Waals surface area contributed by atoms with E-state index in [4.69, 9.17) is 4.42 Å². The van der Waals surface area contributed by atoms with E-state index >= 15 is 0 Å². The fourth-order valence-corrected chi connectivity index (χ4v) is 1.61. The number of benzene rings is 1. The molecule has 0 unspecified atom stereocenters. The number of hydrogen-bond acceptors (Lipinski definition) is 3.